The summed E-state index contributed by atoms with van der Waals surface area (Å²) in [6.07, 6.45) is 2.55. The Bertz CT molecular complexity index is 618. The molecule has 2 rings (SSSR count). The molecule has 20 heavy (non-hydrogen) atoms. The van der Waals surface area contributed by atoms with Crippen molar-refractivity contribution in [3.05, 3.63) is 53.5 Å². The molecule has 0 saturated heterocycles. The second-order valence-electron chi connectivity index (χ2n) is 3.85. The molecule has 2 aromatic heterocycles. The van der Waals surface area contributed by atoms with Crippen LogP contribution in [0.15, 0.2) is 30.6 Å². The highest BCUT2D eigenvalue weighted by molar-refractivity contribution is 5.94. The van der Waals surface area contributed by atoms with E-state index in [4.69, 9.17) is 4.74 Å². The van der Waals surface area contributed by atoms with Crippen molar-refractivity contribution in [2.24, 2.45) is 0 Å². The summed E-state index contributed by atoms with van der Waals surface area (Å²) in [6.45, 7) is 0.138. The van der Waals surface area contributed by atoms with Gasteiger partial charge in [0, 0.05) is 25.0 Å². The highest BCUT2D eigenvalue weighted by atomic mass is 19.2. The lowest BCUT2D eigenvalue weighted by Gasteiger charge is -2.06. The summed E-state index contributed by atoms with van der Waals surface area (Å²) in [7, 11) is 1.49. The summed E-state index contributed by atoms with van der Waals surface area (Å²) in [4.78, 5) is 18.8. The summed E-state index contributed by atoms with van der Waals surface area (Å²) in [5.41, 5.74) is 0.313. The summed E-state index contributed by atoms with van der Waals surface area (Å²) in [5.74, 6) is -2.84. The van der Waals surface area contributed by atoms with Crippen LogP contribution in [0.4, 0.5) is 8.78 Å². The molecular formula is C13H11F2N3O2. The first kappa shape index (κ1) is 13.9. The van der Waals surface area contributed by atoms with Gasteiger partial charge in [-0.2, -0.15) is 4.39 Å². The number of hydrogen-bond donors (Lipinski definition) is 1. The maximum Gasteiger partial charge on any atom is 0.254 e. The van der Waals surface area contributed by atoms with E-state index in [0.29, 0.717) is 11.4 Å². The quantitative estimate of drug-likeness (QED) is 0.865. The molecule has 0 aliphatic rings. The molecule has 0 spiro atoms. The fourth-order valence-corrected chi connectivity index (χ4v) is 1.51. The third-order valence-electron chi connectivity index (χ3n) is 2.55. The topological polar surface area (TPSA) is 64.1 Å². The molecule has 0 bridgehead atoms. The van der Waals surface area contributed by atoms with E-state index in [1.54, 1.807) is 12.1 Å². The van der Waals surface area contributed by atoms with Crippen molar-refractivity contribution in [3.8, 4) is 5.88 Å². The largest absolute Gasteiger partial charge is 0.481 e. The van der Waals surface area contributed by atoms with Crippen LogP contribution >= 0.6 is 0 Å². The Balaban J connectivity index is 2.02. The zero-order valence-corrected chi connectivity index (χ0v) is 10.6. The predicted molar refractivity (Wildman–Crippen MR) is 66.1 cm³/mol. The van der Waals surface area contributed by atoms with Gasteiger partial charge in [0.25, 0.3) is 5.91 Å². The van der Waals surface area contributed by atoms with Gasteiger partial charge in [-0.15, -0.1) is 0 Å². The third kappa shape index (κ3) is 3.05. The number of aromatic nitrogens is 2. The van der Waals surface area contributed by atoms with E-state index in [1.165, 1.54) is 13.3 Å². The molecule has 0 aliphatic heterocycles. The van der Waals surface area contributed by atoms with Crippen LogP contribution < -0.4 is 10.1 Å². The molecule has 0 saturated carbocycles. The fourth-order valence-electron chi connectivity index (χ4n) is 1.51. The second kappa shape index (κ2) is 6.05. The van der Waals surface area contributed by atoms with Crippen LogP contribution in [0.5, 0.6) is 5.88 Å². The molecule has 0 unspecified atom stereocenters. The number of carbonyl (C=O) groups excluding carboxylic acids is 1. The minimum atomic E-state index is -1.30. The molecular weight excluding hydrogens is 268 g/mol. The van der Waals surface area contributed by atoms with Gasteiger partial charge in [0.1, 0.15) is 0 Å². The van der Waals surface area contributed by atoms with Gasteiger partial charge in [-0.05, 0) is 11.6 Å². The molecule has 1 amide bonds. The maximum absolute atomic E-state index is 13.3. The molecule has 0 atom stereocenters. The van der Waals surface area contributed by atoms with Crippen molar-refractivity contribution >= 4 is 5.91 Å². The van der Waals surface area contributed by atoms with Gasteiger partial charge in [0.2, 0.25) is 11.8 Å². The fraction of sp³-hybridized carbons (Fsp3) is 0.154. The molecule has 2 heterocycles. The molecule has 0 fully saturated rings. The van der Waals surface area contributed by atoms with Gasteiger partial charge in [0.15, 0.2) is 5.82 Å². The van der Waals surface area contributed by atoms with E-state index in [1.807, 2.05) is 0 Å². The number of ether oxygens (including phenoxy) is 1. The molecule has 0 aromatic carbocycles. The molecule has 5 nitrogen and oxygen atoms in total. The van der Waals surface area contributed by atoms with Crippen LogP contribution in [0, 0.1) is 11.8 Å². The van der Waals surface area contributed by atoms with Gasteiger partial charge in [-0.25, -0.2) is 14.4 Å². The van der Waals surface area contributed by atoms with Crippen LogP contribution in [0.1, 0.15) is 15.9 Å². The van der Waals surface area contributed by atoms with Gasteiger partial charge < -0.3 is 10.1 Å². The number of methoxy groups -OCH3 is 1. The monoisotopic (exact) mass is 279 g/mol. The Morgan fingerprint density at radius 3 is 2.75 bits per heavy atom. The molecule has 0 radical (unpaired) electrons. The third-order valence-corrected chi connectivity index (χ3v) is 2.55. The maximum atomic E-state index is 13.3. The lowest BCUT2D eigenvalue weighted by atomic mass is 10.2. The Kier molecular flexibility index (Phi) is 4.19. The van der Waals surface area contributed by atoms with E-state index in [-0.39, 0.29) is 12.1 Å². The predicted octanol–water partition coefficient (Wildman–Crippen LogP) is 1.69. The van der Waals surface area contributed by atoms with Crippen LogP contribution in [-0.4, -0.2) is 23.0 Å². The van der Waals surface area contributed by atoms with Crippen molar-refractivity contribution in [2.45, 2.75) is 6.54 Å². The highest BCUT2D eigenvalue weighted by Crippen LogP contribution is 2.10. The standard InChI is InChI=1S/C13H11F2N3O2/c1-20-10-3-2-8(6-17-10)7-18-13(19)9-4-5-16-12(15)11(9)14/h2-6H,7H2,1H3,(H,18,19). The smallest absolute Gasteiger partial charge is 0.254 e. The van der Waals surface area contributed by atoms with Crippen LogP contribution in [0.3, 0.4) is 0 Å². The van der Waals surface area contributed by atoms with Crippen LogP contribution in [-0.2, 0) is 6.54 Å². The number of pyridine rings is 2. The first-order valence-electron chi connectivity index (χ1n) is 5.69. The second-order valence-corrected chi connectivity index (χ2v) is 3.85. The lowest BCUT2D eigenvalue weighted by molar-refractivity contribution is 0.0945. The van der Waals surface area contributed by atoms with Crippen LogP contribution in [0.2, 0.25) is 0 Å². The average molecular weight is 279 g/mol. The number of halogens is 2. The lowest BCUT2D eigenvalue weighted by Crippen LogP contribution is -2.24. The van der Waals surface area contributed by atoms with Gasteiger partial charge in [-0.1, -0.05) is 6.07 Å². The minimum absolute atomic E-state index is 0.138. The Labute approximate surface area is 113 Å². The first-order chi connectivity index (χ1) is 9.61. The first-order valence-corrected chi connectivity index (χ1v) is 5.69. The van der Waals surface area contributed by atoms with Crippen molar-refractivity contribution < 1.29 is 18.3 Å². The summed E-state index contributed by atoms with van der Waals surface area (Å²) >= 11 is 0. The summed E-state index contributed by atoms with van der Waals surface area (Å²) < 4.78 is 31.1. The van der Waals surface area contributed by atoms with Gasteiger partial charge in [-0.3, -0.25) is 4.79 Å². The Morgan fingerprint density at radius 1 is 1.30 bits per heavy atom. The molecule has 0 aliphatic carbocycles. The molecule has 1 N–H and O–H groups in total. The van der Waals surface area contributed by atoms with Crippen molar-refractivity contribution in [1.29, 1.82) is 0 Å². The molecule has 104 valence electrons. The number of amides is 1. The zero-order chi connectivity index (χ0) is 14.5. The van der Waals surface area contributed by atoms with Gasteiger partial charge >= 0.3 is 0 Å². The highest BCUT2D eigenvalue weighted by Gasteiger charge is 2.15. The normalized spacial score (nSPS) is 10.2. The van der Waals surface area contributed by atoms with Crippen molar-refractivity contribution in [2.75, 3.05) is 7.11 Å². The Morgan fingerprint density at radius 2 is 2.10 bits per heavy atom. The van der Waals surface area contributed by atoms with E-state index in [2.05, 4.69) is 15.3 Å². The summed E-state index contributed by atoms with van der Waals surface area (Å²) in [5, 5.41) is 2.47. The Hall–Kier alpha value is -2.57. The van der Waals surface area contributed by atoms with E-state index < -0.39 is 17.7 Å². The number of carbonyl (C=O) groups is 1. The minimum Gasteiger partial charge on any atom is -0.481 e. The molecule has 2 aromatic rings. The summed E-state index contributed by atoms with van der Waals surface area (Å²) in [6, 6.07) is 4.45. The van der Waals surface area contributed by atoms with Gasteiger partial charge in [0.05, 0.1) is 12.7 Å². The van der Waals surface area contributed by atoms with Crippen molar-refractivity contribution in [3.63, 3.8) is 0 Å². The van der Waals surface area contributed by atoms with Crippen LogP contribution in [0.25, 0.3) is 0 Å². The van der Waals surface area contributed by atoms with E-state index in [0.717, 1.165) is 12.3 Å². The SMILES string of the molecule is COc1ccc(CNC(=O)c2ccnc(F)c2F)cn1. The number of hydrogen-bond acceptors (Lipinski definition) is 4. The average Bonchev–Trinajstić information content (AvgIpc) is 2.48. The number of nitrogens with zero attached hydrogens (tertiary/aromatic N) is 2. The zero-order valence-electron chi connectivity index (χ0n) is 10.6. The van der Waals surface area contributed by atoms with E-state index >= 15 is 0 Å². The molecule has 7 heteroatoms. The number of rotatable bonds is 4. The number of nitrogens with one attached hydrogen (secondary N) is 1. The van der Waals surface area contributed by atoms with E-state index in [9.17, 15) is 13.6 Å². The van der Waals surface area contributed by atoms with Crippen molar-refractivity contribution in [1.82, 2.24) is 15.3 Å².